The molecule has 0 unspecified atom stereocenters. The number of nitrogens with zero attached hydrogens (tertiary/aromatic N) is 2. The third-order valence-corrected chi connectivity index (χ3v) is 4.33. The van der Waals surface area contributed by atoms with Gasteiger partial charge in [-0.25, -0.2) is 0 Å². The first-order valence-corrected chi connectivity index (χ1v) is 6.72. The summed E-state index contributed by atoms with van der Waals surface area (Å²) in [6.07, 6.45) is 7.22. The summed E-state index contributed by atoms with van der Waals surface area (Å²) in [7, 11) is 2.25. The third kappa shape index (κ3) is 2.94. The highest BCUT2D eigenvalue weighted by atomic mass is 15.2. The fourth-order valence-corrected chi connectivity index (χ4v) is 2.86. The smallest absolute Gasteiger partial charge is 0.00952 e. The largest absolute Gasteiger partial charge is 0.306 e. The summed E-state index contributed by atoms with van der Waals surface area (Å²) in [4.78, 5) is 5.20. The SMILES string of the molecule is CCN(CC1CCN(C)CC1)C1CCC1. The maximum Gasteiger partial charge on any atom is 0.00952 e. The van der Waals surface area contributed by atoms with E-state index in [4.69, 9.17) is 0 Å². The molecule has 0 aromatic rings. The summed E-state index contributed by atoms with van der Waals surface area (Å²) in [5.74, 6) is 0.974. The predicted molar refractivity (Wildman–Crippen MR) is 65.1 cm³/mol. The van der Waals surface area contributed by atoms with Gasteiger partial charge in [0.05, 0.1) is 0 Å². The van der Waals surface area contributed by atoms with Crippen molar-refractivity contribution in [2.45, 2.75) is 45.1 Å². The van der Waals surface area contributed by atoms with Crippen molar-refractivity contribution in [1.29, 1.82) is 0 Å². The number of rotatable bonds is 4. The highest BCUT2D eigenvalue weighted by Crippen LogP contribution is 2.27. The molecule has 2 heteroatoms. The normalized spacial score (nSPS) is 25.8. The van der Waals surface area contributed by atoms with Crippen LogP contribution < -0.4 is 0 Å². The lowest BCUT2D eigenvalue weighted by atomic mass is 9.89. The summed E-state index contributed by atoms with van der Waals surface area (Å²) in [6.45, 7) is 7.58. The van der Waals surface area contributed by atoms with Crippen molar-refractivity contribution in [3.05, 3.63) is 0 Å². The van der Waals surface area contributed by atoms with Crippen LogP contribution >= 0.6 is 0 Å². The van der Waals surface area contributed by atoms with Gasteiger partial charge in [0.25, 0.3) is 0 Å². The molecule has 1 aliphatic carbocycles. The Labute approximate surface area is 94.6 Å². The van der Waals surface area contributed by atoms with Crippen LogP contribution in [-0.2, 0) is 0 Å². The van der Waals surface area contributed by atoms with Crippen LogP contribution in [0, 0.1) is 5.92 Å². The first-order valence-electron chi connectivity index (χ1n) is 6.72. The monoisotopic (exact) mass is 210 g/mol. The second-order valence-electron chi connectivity index (χ2n) is 5.42. The zero-order chi connectivity index (χ0) is 10.7. The van der Waals surface area contributed by atoms with Gasteiger partial charge in [-0.3, -0.25) is 0 Å². The molecule has 0 amide bonds. The lowest BCUT2D eigenvalue weighted by molar-refractivity contribution is 0.0922. The molecule has 0 aromatic heterocycles. The molecule has 15 heavy (non-hydrogen) atoms. The van der Waals surface area contributed by atoms with Crippen LogP contribution in [0.3, 0.4) is 0 Å². The van der Waals surface area contributed by atoms with E-state index in [2.05, 4.69) is 23.8 Å². The van der Waals surface area contributed by atoms with E-state index in [-0.39, 0.29) is 0 Å². The average molecular weight is 210 g/mol. The maximum absolute atomic E-state index is 2.74. The molecule has 2 rings (SSSR count). The molecule has 1 heterocycles. The minimum absolute atomic E-state index is 0.939. The maximum atomic E-state index is 2.74. The number of likely N-dealkylation sites (tertiary alicyclic amines) is 1. The van der Waals surface area contributed by atoms with E-state index in [0.717, 1.165) is 12.0 Å². The first-order chi connectivity index (χ1) is 7.29. The highest BCUT2D eigenvalue weighted by molar-refractivity contribution is 4.82. The van der Waals surface area contributed by atoms with Gasteiger partial charge in [0.2, 0.25) is 0 Å². The van der Waals surface area contributed by atoms with E-state index in [1.54, 1.807) is 0 Å². The van der Waals surface area contributed by atoms with Gasteiger partial charge in [0, 0.05) is 12.6 Å². The van der Waals surface area contributed by atoms with E-state index in [1.807, 2.05) is 0 Å². The molecule has 0 radical (unpaired) electrons. The molecule has 2 aliphatic rings. The lowest BCUT2D eigenvalue weighted by Crippen LogP contribution is -2.44. The molecule has 1 saturated carbocycles. The van der Waals surface area contributed by atoms with E-state index in [1.165, 1.54) is 58.3 Å². The van der Waals surface area contributed by atoms with E-state index in [0.29, 0.717) is 0 Å². The molecule has 88 valence electrons. The molecule has 1 aliphatic heterocycles. The van der Waals surface area contributed by atoms with Crippen LogP contribution in [-0.4, -0.2) is 49.1 Å². The molecular formula is C13H26N2. The van der Waals surface area contributed by atoms with Gasteiger partial charge >= 0.3 is 0 Å². The van der Waals surface area contributed by atoms with Gasteiger partial charge in [-0.2, -0.15) is 0 Å². The molecular weight excluding hydrogens is 184 g/mol. The quantitative estimate of drug-likeness (QED) is 0.702. The minimum Gasteiger partial charge on any atom is -0.306 e. The Morgan fingerprint density at radius 2 is 1.80 bits per heavy atom. The Kier molecular flexibility index (Phi) is 4.04. The van der Waals surface area contributed by atoms with Crippen LogP contribution in [0.5, 0.6) is 0 Å². The first kappa shape index (κ1) is 11.4. The summed E-state index contributed by atoms with van der Waals surface area (Å²) in [5.41, 5.74) is 0. The van der Waals surface area contributed by atoms with Crippen LogP contribution in [0.2, 0.25) is 0 Å². The zero-order valence-electron chi connectivity index (χ0n) is 10.4. The second-order valence-corrected chi connectivity index (χ2v) is 5.42. The third-order valence-electron chi connectivity index (χ3n) is 4.33. The van der Waals surface area contributed by atoms with Crippen molar-refractivity contribution in [3.8, 4) is 0 Å². The summed E-state index contributed by atoms with van der Waals surface area (Å²) >= 11 is 0. The molecule has 2 nitrogen and oxygen atoms in total. The molecule has 1 saturated heterocycles. The van der Waals surface area contributed by atoms with E-state index in [9.17, 15) is 0 Å². The second kappa shape index (κ2) is 5.31. The van der Waals surface area contributed by atoms with Crippen molar-refractivity contribution in [2.24, 2.45) is 5.92 Å². The highest BCUT2D eigenvalue weighted by Gasteiger charge is 2.26. The van der Waals surface area contributed by atoms with Crippen LogP contribution in [0.1, 0.15) is 39.0 Å². The molecule has 0 atom stereocenters. The van der Waals surface area contributed by atoms with E-state index >= 15 is 0 Å². The van der Waals surface area contributed by atoms with Gasteiger partial charge in [0.1, 0.15) is 0 Å². The number of hydrogen-bond acceptors (Lipinski definition) is 2. The zero-order valence-corrected chi connectivity index (χ0v) is 10.4. The lowest BCUT2D eigenvalue weighted by Gasteiger charge is -2.40. The van der Waals surface area contributed by atoms with Gasteiger partial charge < -0.3 is 9.80 Å². The fraction of sp³-hybridized carbons (Fsp3) is 1.00. The molecule has 0 bridgehead atoms. The van der Waals surface area contributed by atoms with Crippen molar-refractivity contribution < 1.29 is 0 Å². The number of hydrogen-bond donors (Lipinski definition) is 0. The van der Waals surface area contributed by atoms with Crippen molar-refractivity contribution in [1.82, 2.24) is 9.80 Å². The Bertz CT molecular complexity index is 181. The van der Waals surface area contributed by atoms with Crippen LogP contribution in [0.15, 0.2) is 0 Å². The van der Waals surface area contributed by atoms with Gasteiger partial charge in [-0.15, -0.1) is 0 Å². The Hall–Kier alpha value is -0.0800. The fourth-order valence-electron chi connectivity index (χ4n) is 2.86. The summed E-state index contributed by atoms with van der Waals surface area (Å²) in [5, 5.41) is 0. The summed E-state index contributed by atoms with van der Waals surface area (Å²) < 4.78 is 0. The Morgan fingerprint density at radius 3 is 2.27 bits per heavy atom. The van der Waals surface area contributed by atoms with Crippen molar-refractivity contribution >= 4 is 0 Å². The van der Waals surface area contributed by atoms with Gasteiger partial charge in [-0.05, 0) is 58.3 Å². The van der Waals surface area contributed by atoms with Crippen LogP contribution in [0.25, 0.3) is 0 Å². The molecule has 0 aromatic carbocycles. The standard InChI is InChI=1S/C13H26N2/c1-3-15(13-5-4-6-13)11-12-7-9-14(2)10-8-12/h12-13H,3-11H2,1-2H3. The van der Waals surface area contributed by atoms with Crippen molar-refractivity contribution in [3.63, 3.8) is 0 Å². The Balaban J connectivity index is 1.74. The number of piperidine rings is 1. The van der Waals surface area contributed by atoms with Gasteiger partial charge in [-0.1, -0.05) is 13.3 Å². The minimum atomic E-state index is 0.939. The average Bonchev–Trinajstić information content (AvgIpc) is 2.17. The van der Waals surface area contributed by atoms with Crippen LogP contribution in [0.4, 0.5) is 0 Å². The Morgan fingerprint density at radius 1 is 1.13 bits per heavy atom. The van der Waals surface area contributed by atoms with Crippen molar-refractivity contribution in [2.75, 3.05) is 33.2 Å². The summed E-state index contributed by atoms with van der Waals surface area (Å²) in [6, 6.07) is 0.939. The van der Waals surface area contributed by atoms with Gasteiger partial charge in [0.15, 0.2) is 0 Å². The molecule has 0 spiro atoms. The molecule has 0 N–H and O–H groups in total. The molecule has 2 fully saturated rings. The van der Waals surface area contributed by atoms with E-state index < -0.39 is 0 Å². The topological polar surface area (TPSA) is 6.48 Å². The predicted octanol–water partition coefficient (Wildman–Crippen LogP) is 2.20.